The molecule has 2 rings (SSSR count). The summed E-state index contributed by atoms with van der Waals surface area (Å²) in [4.78, 5) is 12.8. The van der Waals surface area contributed by atoms with Crippen molar-refractivity contribution in [1.82, 2.24) is 5.32 Å². The number of rotatable bonds is 11. The number of aliphatic hydroxyl groups is 2. The number of methoxy groups -OCH3 is 1. The fraction of sp³-hybridized carbons (Fsp3) is 0.409. The van der Waals surface area contributed by atoms with E-state index in [2.05, 4.69) is 5.32 Å². The first-order chi connectivity index (χ1) is 13.2. The number of carbonyl (C=O) groups is 1. The van der Waals surface area contributed by atoms with E-state index in [4.69, 9.17) is 4.74 Å². The maximum absolute atomic E-state index is 12.8. The molecular weight excluding hydrogens is 342 g/mol. The van der Waals surface area contributed by atoms with Gasteiger partial charge < -0.3 is 20.3 Å². The highest BCUT2D eigenvalue weighted by Crippen LogP contribution is 2.34. The van der Waals surface area contributed by atoms with Crippen LogP contribution in [-0.2, 0) is 5.41 Å². The number of nitrogens with one attached hydrogen (secondary N) is 1. The van der Waals surface area contributed by atoms with Crippen molar-refractivity contribution in [3.63, 3.8) is 0 Å². The predicted molar refractivity (Wildman–Crippen MR) is 106 cm³/mol. The summed E-state index contributed by atoms with van der Waals surface area (Å²) in [6, 6.07) is 17.1. The fourth-order valence-corrected chi connectivity index (χ4v) is 3.50. The van der Waals surface area contributed by atoms with Gasteiger partial charge in [-0.15, -0.1) is 0 Å². The van der Waals surface area contributed by atoms with E-state index in [-0.39, 0.29) is 24.5 Å². The Kier molecular flexibility index (Phi) is 8.30. The number of amides is 1. The van der Waals surface area contributed by atoms with Crippen LogP contribution in [0.5, 0.6) is 5.75 Å². The first-order valence-electron chi connectivity index (χ1n) is 9.35. The van der Waals surface area contributed by atoms with E-state index < -0.39 is 0 Å². The van der Waals surface area contributed by atoms with Crippen molar-refractivity contribution in [3.05, 3.63) is 65.7 Å². The van der Waals surface area contributed by atoms with Crippen LogP contribution in [0.4, 0.5) is 0 Å². The molecule has 0 bridgehead atoms. The third kappa shape index (κ3) is 5.55. The van der Waals surface area contributed by atoms with Gasteiger partial charge in [0.1, 0.15) is 5.75 Å². The minimum atomic E-state index is -0.343. The number of aliphatic hydroxyl groups excluding tert-OH is 2. The molecule has 0 atom stereocenters. The van der Waals surface area contributed by atoms with E-state index >= 15 is 0 Å². The van der Waals surface area contributed by atoms with Gasteiger partial charge >= 0.3 is 0 Å². The van der Waals surface area contributed by atoms with Gasteiger partial charge in [-0.1, -0.05) is 42.5 Å². The summed E-state index contributed by atoms with van der Waals surface area (Å²) in [6.45, 7) is 0.607. The van der Waals surface area contributed by atoms with Crippen LogP contribution < -0.4 is 10.1 Å². The highest BCUT2D eigenvalue weighted by atomic mass is 16.5. The summed E-state index contributed by atoms with van der Waals surface area (Å²) in [5, 5.41) is 21.8. The molecule has 0 spiro atoms. The largest absolute Gasteiger partial charge is 0.496 e. The van der Waals surface area contributed by atoms with Crippen LogP contribution in [-0.4, -0.2) is 43.0 Å². The summed E-state index contributed by atoms with van der Waals surface area (Å²) < 4.78 is 5.29. The molecule has 0 heterocycles. The van der Waals surface area contributed by atoms with Crippen molar-refractivity contribution in [3.8, 4) is 5.75 Å². The van der Waals surface area contributed by atoms with E-state index in [0.717, 1.165) is 18.4 Å². The third-order valence-corrected chi connectivity index (χ3v) is 4.95. The molecule has 0 unspecified atom stereocenters. The molecule has 0 fully saturated rings. The van der Waals surface area contributed by atoms with Crippen LogP contribution in [0.15, 0.2) is 54.6 Å². The Morgan fingerprint density at radius 3 is 2.15 bits per heavy atom. The Morgan fingerprint density at radius 1 is 0.963 bits per heavy atom. The van der Waals surface area contributed by atoms with Crippen molar-refractivity contribution in [1.29, 1.82) is 0 Å². The minimum absolute atomic E-state index is 0.0914. The van der Waals surface area contributed by atoms with Crippen molar-refractivity contribution < 1.29 is 19.7 Å². The molecule has 5 heteroatoms. The smallest absolute Gasteiger partial charge is 0.255 e. The lowest BCUT2D eigenvalue weighted by atomic mass is 9.73. The monoisotopic (exact) mass is 371 g/mol. The molecule has 0 aliphatic rings. The van der Waals surface area contributed by atoms with Crippen LogP contribution in [0.3, 0.4) is 0 Å². The van der Waals surface area contributed by atoms with E-state index in [1.54, 1.807) is 25.3 Å². The number of hydrogen-bond acceptors (Lipinski definition) is 4. The van der Waals surface area contributed by atoms with Gasteiger partial charge in [0, 0.05) is 25.2 Å². The molecule has 0 radical (unpaired) electrons. The molecular formula is C22H29NO4. The van der Waals surface area contributed by atoms with Crippen LogP contribution in [0.1, 0.15) is 41.6 Å². The second-order valence-electron chi connectivity index (χ2n) is 6.68. The molecule has 0 saturated carbocycles. The summed E-state index contributed by atoms with van der Waals surface area (Å²) in [7, 11) is 1.54. The Bertz CT molecular complexity index is 694. The molecule has 0 aliphatic heterocycles. The number of benzene rings is 2. The molecule has 146 valence electrons. The van der Waals surface area contributed by atoms with Crippen LogP contribution in [0.2, 0.25) is 0 Å². The minimum Gasteiger partial charge on any atom is -0.496 e. The van der Waals surface area contributed by atoms with Crippen molar-refractivity contribution in [2.75, 3.05) is 26.9 Å². The lowest BCUT2D eigenvalue weighted by Gasteiger charge is -2.35. The number of ether oxygens (including phenoxy) is 1. The molecule has 0 aliphatic carbocycles. The summed E-state index contributed by atoms with van der Waals surface area (Å²) >= 11 is 0. The van der Waals surface area contributed by atoms with E-state index in [1.165, 1.54) is 0 Å². The topological polar surface area (TPSA) is 78.8 Å². The van der Waals surface area contributed by atoms with Gasteiger partial charge in [-0.2, -0.15) is 0 Å². The van der Waals surface area contributed by atoms with E-state index in [0.29, 0.717) is 30.7 Å². The quantitative estimate of drug-likeness (QED) is 0.567. The van der Waals surface area contributed by atoms with E-state index in [1.807, 2.05) is 36.4 Å². The predicted octanol–water partition coefficient (Wildman–Crippen LogP) is 2.91. The zero-order valence-electron chi connectivity index (χ0n) is 15.9. The Labute approximate surface area is 161 Å². The van der Waals surface area contributed by atoms with Gasteiger partial charge in [0.05, 0.1) is 12.7 Å². The van der Waals surface area contributed by atoms with Crippen molar-refractivity contribution in [2.24, 2.45) is 0 Å². The van der Waals surface area contributed by atoms with Crippen LogP contribution >= 0.6 is 0 Å². The van der Waals surface area contributed by atoms with Crippen molar-refractivity contribution >= 4 is 5.91 Å². The lowest BCUT2D eigenvalue weighted by molar-refractivity contribution is 0.0934. The normalized spacial score (nSPS) is 11.2. The number of carbonyl (C=O) groups excluding carboxylic acids is 1. The second-order valence-corrected chi connectivity index (χ2v) is 6.68. The van der Waals surface area contributed by atoms with Gasteiger partial charge in [0.25, 0.3) is 5.91 Å². The number of hydrogen-bond donors (Lipinski definition) is 3. The Morgan fingerprint density at radius 2 is 1.56 bits per heavy atom. The average Bonchev–Trinajstić information content (AvgIpc) is 2.74. The molecule has 2 aromatic rings. The fourth-order valence-electron chi connectivity index (χ4n) is 3.50. The average molecular weight is 371 g/mol. The molecule has 0 aromatic heterocycles. The van der Waals surface area contributed by atoms with Crippen LogP contribution in [0.25, 0.3) is 0 Å². The second kappa shape index (κ2) is 10.7. The van der Waals surface area contributed by atoms with Gasteiger partial charge in [-0.3, -0.25) is 4.79 Å². The first-order valence-corrected chi connectivity index (χ1v) is 9.35. The van der Waals surface area contributed by atoms with Gasteiger partial charge in [-0.05, 0) is 43.4 Å². The maximum atomic E-state index is 12.8. The standard InChI is InChI=1S/C22H29NO4/c1-27-20-12-6-5-11-19(20)21(26)23-17-22(13-7-15-24,14-8-16-25)18-9-3-2-4-10-18/h2-6,9-12,24-25H,7-8,13-17H2,1H3,(H,23,26). The zero-order chi connectivity index (χ0) is 19.5. The Balaban J connectivity index is 2.25. The molecule has 1 amide bonds. The van der Waals surface area contributed by atoms with Gasteiger partial charge in [0.2, 0.25) is 0 Å². The lowest BCUT2D eigenvalue weighted by Crippen LogP contribution is -2.41. The molecule has 2 aromatic carbocycles. The highest BCUT2D eigenvalue weighted by molar-refractivity contribution is 5.96. The van der Waals surface area contributed by atoms with Gasteiger partial charge in [0.15, 0.2) is 0 Å². The molecule has 5 nitrogen and oxygen atoms in total. The number of para-hydroxylation sites is 1. The third-order valence-electron chi connectivity index (χ3n) is 4.95. The van der Waals surface area contributed by atoms with Gasteiger partial charge in [-0.25, -0.2) is 0 Å². The SMILES string of the molecule is COc1ccccc1C(=O)NCC(CCCO)(CCCO)c1ccccc1. The summed E-state index contributed by atoms with van der Waals surface area (Å²) in [5.41, 5.74) is 1.25. The first kappa shape index (κ1) is 20.9. The Hall–Kier alpha value is -2.37. The molecule has 3 N–H and O–H groups in total. The van der Waals surface area contributed by atoms with Crippen LogP contribution in [0, 0.1) is 0 Å². The van der Waals surface area contributed by atoms with Crippen molar-refractivity contribution in [2.45, 2.75) is 31.1 Å². The zero-order valence-corrected chi connectivity index (χ0v) is 15.9. The highest BCUT2D eigenvalue weighted by Gasteiger charge is 2.32. The molecule has 0 saturated heterocycles. The van der Waals surface area contributed by atoms with E-state index in [9.17, 15) is 15.0 Å². The molecule has 27 heavy (non-hydrogen) atoms. The summed E-state index contributed by atoms with van der Waals surface area (Å²) in [6.07, 6.45) is 2.70. The summed E-state index contributed by atoms with van der Waals surface area (Å²) in [5.74, 6) is 0.340. The maximum Gasteiger partial charge on any atom is 0.255 e.